The molecule has 1 rings (SSSR count). The third kappa shape index (κ3) is 2.38. The highest BCUT2D eigenvalue weighted by Gasteiger charge is 2.06. The Bertz CT molecular complexity index is 234. The van der Waals surface area contributed by atoms with Crippen molar-refractivity contribution in [1.82, 2.24) is 0 Å². The van der Waals surface area contributed by atoms with Crippen LogP contribution in [0.3, 0.4) is 0 Å². The molecule has 1 aromatic carbocycles. The molecule has 0 aliphatic carbocycles. The van der Waals surface area contributed by atoms with E-state index in [0.717, 1.165) is 5.69 Å². The molecule has 0 saturated heterocycles. The van der Waals surface area contributed by atoms with Crippen molar-refractivity contribution in [1.29, 1.82) is 0 Å². The lowest BCUT2D eigenvalue weighted by atomic mass is 10.3. The fourth-order valence-corrected chi connectivity index (χ4v) is 1.69. The summed E-state index contributed by atoms with van der Waals surface area (Å²) in [4.78, 5) is 0. The molecule has 0 fully saturated rings. The maximum atomic E-state index is 3.19. The molecule has 0 aliphatic heterocycles. The first-order chi connectivity index (χ1) is 5.63. The van der Waals surface area contributed by atoms with Gasteiger partial charge in [-0.3, -0.25) is 0 Å². The number of hydrogen-bond acceptors (Lipinski definition) is 2. The maximum absolute atomic E-state index is 3.19. The summed E-state index contributed by atoms with van der Waals surface area (Å²) in [6.45, 7) is 0. The van der Waals surface area contributed by atoms with Gasteiger partial charge in [-0.15, -0.1) is 0 Å². The molecule has 0 spiro atoms. The van der Waals surface area contributed by atoms with E-state index in [1.807, 2.05) is 29.3 Å². The van der Waals surface area contributed by atoms with Crippen LogP contribution >= 0.6 is 45.7 Å². The quantitative estimate of drug-likeness (QED) is 0.569. The molecule has 0 bridgehead atoms. The summed E-state index contributed by atoms with van der Waals surface area (Å²) in [6.07, 6.45) is 0. The van der Waals surface area contributed by atoms with Crippen molar-refractivity contribution in [3.63, 3.8) is 0 Å². The van der Waals surface area contributed by atoms with Crippen LogP contribution in [0.25, 0.3) is 0 Å². The number of para-hydroxylation sites is 1. The first-order valence-electron chi connectivity index (χ1n) is 3.42. The van der Waals surface area contributed by atoms with Crippen LogP contribution in [0.4, 0.5) is 11.4 Å². The molecule has 1 radical (unpaired) electrons. The van der Waals surface area contributed by atoms with Gasteiger partial charge in [0.05, 0.1) is 57.1 Å². The van der Waals surface area contributed by atoms with Gasteiger partial charge in [-0.25, -0.2) is 0 Å². The maximum Gasteiger partial charge on any atom is 0.0775 e. The Balaban J connectivity index is 3.09. The van der Waals surface area contributed by atoms with Crippen molar-refractivity contribution >= 4 is 57.1 Å². The van der Waals surface area contributed by atoms with Crippen molar-refractivity contribution in [3.8, 4) is 0 Å². The molecule has 0 amide bonds. The van der Waals surface area contributed by atoms with Crippen molar-refractivity contribution in [2.75, 3.05) is 20.3 Å². The summed E-state index contributed by atoms with van der Waals surface area (Å²) in [5.41, 5.74) is 2.28. The van der Waals surface area contributed by atoms with Gasteiger partial charge in [-0.2, -0.15) is 0 Å². The molecule has 4 heteroatoms. The first-order valence-corrected chi connectivity index (χ1v) is 5.35. The first kappa shape index (κ1) is 10.4. The second-order valence-electron chi connectivity index (χ2n) is 2.36. The average Bonchev–Trinajstić information content (AvgIpc) is 2.04. The lowest BCUT2D eigenvalue weighted by Crippen LogP contribution is -2.07. The van der Waals surface area contributed by atoms with E-state index in [9.17, 15) is 0 Å². The molecule has 0 N–H and O–H groups in total. The summed E-state index contributed by atoms with van der Waals surface area (Å²) in [6, 6.07) is 9.19. The topological polar surface area (TPSA) is 6.48 Å². The Hall–Kier alpha value is 0.280. The van der Waals surface area contributed by atoms with Crippen molar-refractivity contribution in [2.45, 2.75) is 0 Å². The van der Waals surface area contributed by atoms with Crippen LogP contribution in [0.15, 0.2) is 18.2 Å². The summed E-state index contributed by atoms with van der Waals surface area (Å²) >= 11 is 4.49. The van der Waals surface area contributed by atoms with Gasteiger partial charge in [0.25, 0.3) is 0 Å². The van der Waals surface area contributed by atoms with Gasteiger partial charge >= 0.3 is 0 Å². The normalized spacial score (nSPS) is 9.67. The van der Waals surface area contributed by atoms with Crippen LogP contribution in [0.5, 0.6) is 0 Å². The molecule has 2 nitrogen and oxygen atoms in total. The Morgan fingerprint density at radius 1 is 1.25 bits per heavy atom. The van der Waals surface area contributed by atoms with Crippen LogP contribution in [0, 0.1) is 6.07 Å². The smallest absolute Gasteiger partial charge is 0.0775 e. The van der Waals surface area contributed by atoms with Crippen LogP contribution < -0.4 is 6.23 Å². The highest BCUT2D eigenvalue weighted by atomic mass is 127. The monoisotopic (exact) mass is 387 g/mol. The zero-order chi connectivity index (χ0) is 9.14. The largest absolute Gasteiger partial charge is 0.316 e. The van der Waals surface area contributed by atoms with E-state index in [-0.39, 0.29) is 0 Å². The molecular formula is C8H9I2N2. The molecule has 0 heterocycles. The van der Waals surface area contributed by atoms with Gasteiger partial charge in [-0.1, -0.05) is 12.1 Å². The van der Waals surface area contributed by atoms with Crippen LogP contribution in [-0.2, 0) is 0 Å². The Kier molecular flexibility index (Phi) is 3.88. The van der Waals surface area contributed by atoms with E-state index >= 15 is 0 Å². The zero-order valence-electron chi connectivity index (χ0n) is 6.88. The lowest BCUT2D eigenvalue weighted by Gasteiger charge is -2.18. The van der Waals surface area contributed by atoms with Crippen LogP contribution in [-0.4, -0.2) is 14.1 Å². The highest BCUT2D eigenvalue weighted by molar-refractivity contribution is 14.1. The molecule has 0 unspecified atom stereocenters. The van der Waals surface area contributed by atoms with E-state index in [1.54, 1.807) is 0 Å². The minimum absolute atomic E-state index is 1.11. The number of benzene rings is 1. The number of hydrogen-bond donors (Lipinski definition) is 0. The summed E-state index contributed by atoms with van der Waals surface area (Å²) in [7, 11) is 4.03. The number of nitrogens with zero attached hydrogens (tertiary/aromatic N) is 2. The Labute approximate surface area is 101 Å². The van der Waals surface area contributed by atoms with Crippen molar-refractivity contribution < 1.29 is 0 Å². The number of anilines is 2. The summed E-state index contributed by atoms with van der Waals surface area (Å²) in [5, 5.41) is 0. The predicted octanol–water partition coefficient (Wildman–Crippen LogP) is 3.06. The fourth-order valence-electron chi connectivity index (χ4n) is 0.915. The minimum Gasteiger partial charge on any atom is -0.316 e. The third-order valence-electron chi connectivity index (χ3n) is 1.45. The number of rotatable bonds is 2. The molecule has 12 heavy (non-hydrogen) atoms. The van der Waals surface area contributed by atoms with Crippen LogP contribution in [0.1, 0.15) is 0 Å². The summed E-state index contributed by atoms with van der Waals surface area (Å²) in [5.74, 6) is 0. The van der Waals surface area contributed by atoms with Crippen molar-refractivity contribution in [2.24, 2.45) is 0 Å². The number of halogens is 2. The predicted molar refractivity (Wildman–Crippen MR) is 70.1 cm³/mol. The zero-order valence-corrected chi connectivity index (χ0v) is 11.2. The van der Waals surface area contributed by atoms with Crippen LogP contribution in [0.2, 0.25) is 0 Å². The van der Waals surface area contributed by atoms with Gasteiger partial charge in [0.2, 0.25) is 0 Å². The Morgan fingerprint density at radius 3 is 2.33 bits per heavy atom. The highest BCUT2D eigenvalue weighted by Crippen LogP contribution is 2.30. The lowest BCUT2D eigenvalue weighted by molar-refractivity contribution is 1.34. The van der Waals surface area contributed by atoms with Gasteiger partial charge in [0.15, 0.2) is 0 Å². The van der Waals surface area contributed by atoms with E-state index in [2.05, 4.69) is 61.0 Å². The molecule has 0 aromatic heterocycles. The molecule has 0 aliphatic rings. The van der Waals surface area contributed by atoms with Gasteiger partial charge in [0, 0.05) is 20.2 Å². The second kappa shape index (κ2) is 4.50. The molecule has 1 aromatic rings. The minimum atomic E-state index is 1.11. The Morgan fingerprint density at radius 2 is 1.92 bits per heavy atom. The van der Waals surface area contributed by atoms with Gasteiger partial charge < -0.3 is 6.23 Å². The third-order valence-corrected chi connectivity index (χ3v) is 2.46. The van der Waals surface area contributed by atoms with Gasteiger partial charge in [-0.05, 0) is 6.07 Å². The van der Waals surface area contributed by atoms with E-state index in [1.165, 1.54) is 5.69 Å². The molecule has 0 saturated carbocycles. The van der Waals surface area contributed by atoms with Crippen molar-refractivity contribution in [3.05, 3.63) is 24.3 Å². The standard InChI is InChI=1S/C8H9I2N2/c1-11(9)7-5-3-4-6-8(7)12(2)10/h3-5H,1-2H3. The van der Waals surface area contributed by atoms with E-state index in [4.69, 9.17) is 0 Å². The average molecular weight is 387 g/mol. The van der Waals surface area contributed by atoms with Gasteiger partial charge in [0.1, 0.15) is 0 Å². The van der Waals surface area contributed by atoms with E-state index in [0.29, 0.717) is 0 Å². The second-order valence-corrected chi connectivity index (χ2v) is 5.25. The molecule has 65 valence electrons. The molecular weight excluding hydrogens is 378 g/mol. The fraction of sp³-hybridized carbons (Fsp3) is 0.250. The SMILES string of the molecule is CN(I)c1[c]cccc1N(C)I. The summed E-state index contributed by atoms with van der Waals surface area (Å²) < 4.78 is 4.08. The molecule has 0 atom stereocenters. The van der Waals surface area contributed by atoms with E-state index < -0.39 is 0 Å².